The first-order valence-electron chi connectivity index (χ1n) is 7.17. The van der Waals surface area contributed by atoms with Gasteiger partial charge in [-0.05, 0) is 32.8 Å². The number of amidine groups is 1. The largest absolute Gasteiger partial charge is 0.332 e. The van der Waals surface area contributed by atoms with Crippen LogP contribution in [-0.4, -0.2) is 55.2 Å². The SMILES string of the molecule is CC1=N[C@@H](C)C(C)=C2C[C@H](NS(=O)(=O)N3CCC3)CN12. The van der Waals surface area contributed by atoms with E-state index in [1.54, 1.807) is 0 Å². The van der Waals surface area contributed by atoms with Crippen LogP contribution in [0, 0.1) is 0 Å². The first-order valence-corrected chi connectivity index (χ1v) is 8.61. The maximum atomic E-state index is 12.2. The van der Waals surface area contributed by atoms with Crippen molar-refractivity contribution in [1.29, 1.82) is 0 Å². The van der Waals surface area contributed by atoms with Crippen LogP contribution in [0.5, 0.6) is 0 Å². The second-order valence-electron chi connectivity index (χ2n) is 5.87. The van der Waals surface area contributed by atoms with Gasteiger partial charge in [0, 0.05) is 37.8 Å². The molecule has 20 heavy (non-hydrogen) atoms. The van der Waals surface area contributed by atoms with E-state index >= 15 is 0 Å². The summed E-state index contributed by atoms with van der Waals surface area (Å²) in [5, 5.41) is 0. The summed E-state index contributed by atoms with van der Waals surface area (Å²) >= 11 is 0. The van der Waals surface area contributed by atoms with Crippen molar-refractivity contribution in [2.75, 3.05) is 19.6 Å². The molecule has 3 aliphatic rings. The molecule has 2 atom stereocenters. The quantitative estimate of drug-likeness (QED) is 0.834. The molecular weight excluding hydrogens is 276 g/mol. The Balaban J connectivity index is 1.75. The van der Waals surface area contributed by atoms with Crippen LogP contribution in [0.15, 0.2) is 16.3 Å². The van der Waals surface area contributed by atoms with Gasteiger partial charge in [-0.1, -0.05) is 0 Å². The average Bonchev–Trinajstić information content (AvgIpc) is 2.66. The van der Waals surface area contributed by atoms with Gasteiger partial charge in [-0.15, -0.1) is 0 Å². The Morgan fingerprint density at radius 3 is 2.60 bits per heavy atom. The summed E-state index contributed by atoms with van der Waals surface area (Å²) in [6, 6.07) is 0.146. The summed E-state index contributed by atoms with van der Waals surface area (Å²) in [4.78, 5) is 6.75. The highest BCUT2D eigenvalue weighted by Gasteiger charge is 2.37. The first-order chi connectivity index (χ1) is 9.38. The fourth-order valence-corrected chi connectivity index (χ4v) is 4.49. The number of nitrogens with one attached hydrogen (secondary N) is 1. The summed E-state index contributed by atoms with van der Waals surface area (Å²) in [6.45, 7) is 8.14. The van der Waals surface area contributed by atoms with Crippen molar-refractivity contribution in [3.8, 4) is 0 Å². The normalized spacial score (nSPS) is 31.1. The van der Waals surface area contributed by atoms with Crippen molar-refractivity contribution in [3.05, 3.63) is 11.3 Å². The van der Waals surface area contributed by atoms with Crippen molar-refractivity contribution in [3.63, 3.8) is 0 Å². The minimum absolute atomic E-state index is 0.0546. The van der Waals surface area contributed by atoms with Crippen molar-refractivity contribution in [2.45, 2.75) is 45.7 Å². The van der Waals surface area contributed by atoms with Gasteiger partial charge >= 0.3 is 0 Å². The zero-order chi connectivity index (χ0) is 14.5. The predicted molar refractivity (Wildman–Crippen MR) is 78.6 cm³/mol. The first kappa shape index (κ1) is 14.0. The summed E-state index contributed by atoms with van der Waals surface area (Å²) < 4.78 is 28.6. The molecule has 1 N–H and O–H groups in total. The van der Waals surface area contributed by atoms with E-state index < -0.39 is 10.2 Å². The second kappa shape index (κ2) is 4.82. The van der Waals surface area contributed by atoms with E-state index in [1.165, 1.54) is 15.6 Å². The van der Waals surface area contributed by atoms with Crippen LogP contribution in [0.4, 0.5) is 0 Å². The van der Waals surface area contributed by atoms with Crippen molar-refractivity contribution in [1.82, 2.24) is 13.9 Å². The van der Waals surface area contributed by atoms with Crippen LogP contribution >= 0.6 is 0 Å². The Morgan fingerprint density at radius 1 is 1.30 bits per heavy atom. The van der Waals surface area contributed by atoms with Crippen LogP contribution in [0.1, 0.15) is 33.6 Å². The molecule has 3 aliphatic heterocycles. The highest BCUT2D eigenvalue weighted by atomic mass is 32.2. The van der Waals surface area contributed by atoms with E-state index in [0.29, 0.717) is 19.6 Å². The molecule has 7 heteroatoms. The van der Waals surface area contributed by atoms with E-state index in [4.69, 9.17) is 0 Å². The highest BCUT2D eigenvalue weighted by molar-refractivity contribution is 7.87. The summed E-state index contributed by atoms with van der Waals surface area (Å²) in [5.74, 6) is 0.990. The highest BCUT2D eigenvalue weighted by Crippen LogP contribution is 2.31. The maximum Gasteiger partial charge on any atom is 0.279 e. The zero-order valence-electron chi connectivity index (χ0n) is 12.3. The van der Waals surface area contributed by atoms with Gasteiger partial charge in [-0.2, -0.15) is 17.4 Å². The molecule has 0 saturated carbocycles. The Bertz CT molecular complexity index is 577. The van der Waals surface area contributed by atoms with Crippen molar-refractivity contribution < 1.29 is 8.42 Å². The maximum absolute atomic E-state index is 12.2. The molecule has 2 fully saturated rings. The van der Waals surface area contributed by atoms with Gasteiger partial charge in [0.15, 0.2) is 0 Å². The van der Waals surface area contributed by atoms with Crippen LogP contribution in [0.2, 0.25) is 0 Å². The summed E-state index contributed by atoms with van der Waals surface area (Å²) in [6.07, 6.45) is 1.72. The Labute approximate surface area is 120 Å². The topological polar surface area (TPSA) is 65.0 Å². The minimum Gasteiger partial charge on any atom is -0.332 e. The van der Waals surface area contributed by atoms with Crippen LogP contribution in [-0.2, 0) is 10.2 Å². The molecular formula is C13H22N4O2S. The number of nitrogens with zero attached hydrogens (tertiary/aromatic N) is 3. The number of rotatable bonds is 3. The third kappa shape index (κ3) is 2.27. The molecule has 0 spiro atoms. The lowest BCUT2D eigenvalue weighted by molar-refractivity contribution is 0.302. The molecule has 3 heterocycles. The van der Waals surface area contributed by atoms with Gasteiger partial charge in [0.1, 0.15) is 5.84 Å². The summed E-state index contributed by atoms with van der Waals surface area (Å²) in [5.41, 5.74) is 2.49. The molecule has 6 nitrogen and oxygen atoms in total. The van der Waals surface area contributed by atoms with E-state index in [0.717, 1.165) is 18.7 Å². The monoisotopic (exact) mass is 298 g/mol. The lowest BCUT2D eigenvalue weighted by Gasteiger charge is -2.31. The summed E-state index contributed by atoms with van der Waals surface area (Å²) in [7, 11) is -3.30. The molecule has 0 radical (unpaired) electrons. The van der Waals surface area contributed by atoms with E-state index in [9.17, 15) is 8.42 Å². The van der Waals surface area contributed by atoms with Crippen LogP contribution in [0.3, 0.4) is 0 Å². The molecule has 0 aromatic rings. The minimum atomic E-state index is -3.30. The molecule has 112 valence electrons. The molecule has 2 saturated heterocycles. The number of fused-ring (bicyclic) bond motifs is 1. The molecule has 0 bridgehead atoms. The molecule has 0 aromatic heterocycles. The van der Waals surface area contributed by atoms with E-state index in [2.05, 4.69) is 28.5 Å². The molecule has 3 rings (SSSR count). The number of hydrogen-bond acceptors (Lipinski definition) is 4. The Kier molecular flexibility index (Phi) is 3.38. The smallest absolute Gasteiger partial charge is 0.279 e. The van der Waals surface area contributed by atoms with Gasteiger partial charge < -0.3 is 4.90 Å². The van der Waals surface area contributed by atoms with Crippen molar-refractivity contribution >= 4 is 16.0 Å². The van der Waals surface area contributed by atoms with Crippen LogP contribution < -0.4 is 4.72 Å². The molecule has 0 aliphatic carbocycles. The number of aliphatic imine (C=N–C) groups is 1. The third-order valence-electron chi connectivity index (χ3n) is 4.49. The molecule has 0 amide bonds. The van der Waals surface area contributed by atoms with Gasteiger partial charge in [-0.25, -0.2) is 0 Å². The average molecular weight is 298 g/mol. The third-order valence-corrected chi connectivity index (χ3v) is 6.17. The van der Waals surface area contributed by atoms with Gasteiger partial charge in [0.05, 0.1) is 6.04 Å². The Morgan fingerprint density at radius 2 is 2.00 bits per heavy atom. The lowest BCUT2D eigenvalue weighted by Crippen LogP contribution is -2.51. The van der Waals surface area contributed by atoms with Gasteiger partial charge in [0.25, 0.3) is 10.2 Å². The number of hydrogen-bond donors (Lipinski definition) is 1. The van der Waals surface area contributed by atoms with Crippen molar-refractivity contribution in [2.24, 2.45) is 4.99 Å². The van der Waals surface area contributed by atoms with E-state index in [1.807, 2.05) is 6.92 Å². The fourth-order valence-electron chi connectivity index (χ4n) is 3.02. The molecule has 0 aromatic carbocycles. The zero-order valence-corrected chi connectivity index (χ0v) is 13.1. The fraction of sp³-hybridized carbons (Fsp3) is 0.769. The second-order valence-corrected chi connectivity index (χ2v) is 7.57. The molecule has 0 unspecified atom stereocenters. The predicted octanol–water partition coefficient (Wildman–Crippen LogP) is 0.695. The van der Waals surface area contributed by atoms with Gasteiger partial charge in [0.2, 0.25) is 0 Å². The van der Waals surface area contributed by atoms with Gasteiger partial charge in [-0.3, -0.25) is 4.99 Å². The van der Waals surface area contributed by atoms with Crippen LogP contribution in [0.25, 0.3) is 0 Å². The van der Waals surface area contributed by atoms with E-state index in [-0.39, 0.29) is 12.1 Å². The lowest BCUT2D eigenvalue weighted by atomic mass is 10.0. The standard InChI is InChI=1S/C13H22N4O2S/c1-9-10(2)14-11(3)17-8-12(7-13(9)17)15-20(18,19)16-5-4-6-16/h10,12,15H,4-8H2,1-3H3/t10-,12-/m0/s1. The Hall–Kier alpha value is -0.920.